The molecule has 1 heterocycles. The number of likely N-dealkylation sites (tertiary alicyclic amines) is 1. The van der Waals surface area contributed by atoms with Crippen molar-refractivity contribution in [1.82, 2.24) is 15.1 Å². The van der Waals surface area contributed by atoms with Crippen LogP contribution < -0.4 is 5.32 Å². The third kappa shape index (κ3) is 3.70. The Labute approximate surface area is 99.9 Å². The van der Waals surface area contributed by atoms with Crippen LogP contribution in [0.15, 0.2) is 0 Å². The van der Waals surface area contributed by atoms with Gasteiger partial charge in [-0.3, -0.25) is 4.90 Å². The van der Waals surface area contributed by atoms with E-state index in [1.807, 2.05) is 7.05 Å². The summed E-state index contributed by atoms with van der Waals surface area (Å²) < 4.78 is 5.21. The van der Waals surface area contributed by atoms with Crippen molar-refractivity contribution in [2.24, 2.45) is 5.92 Å². The van der Waals surface area contributed by atoms with Gasteiger partial charge in [0.1, 0.15) is 0 Å². The quantitative estimate of drug-likeness (QED) is 0.699. The smallest absolute Gasteiger partial charge is 0.0628 e. The summed E-state index contributed by atoms with van der Waals surface area (Å²) in [4.78, 5) is 4.88. The molecule has 1 rings (SSSR count). The van der Waals surface area contributed by atoms with E-state index in [0.29, 0.717) is 12.1 Å². The maximum absolute atomic E-state index is 5.21. The van der Waals surface area contributed by atoms with Gasteiger partial charge in [-0.15, -0.1) is 0 Å². The standard InChI is InChI=1S/C12H27N3O/c1-10-6-15(8-12(10)14(3)4)7-11(13-2)9-16-5/h10-13H,6-9H2,1-5H3. The predicted molar refractivity (Wildman–Crippen MR) is 67.8 cm³/mol. The normalized spacial score (nSPS) is 28.9. The minimum absolute atomic E-state index is 0.443. The molecule has 1 N–H and O–H groups in total. The molecule has 4 nitrogen and oxygen atoms in total. The van der Waals surface area contributed by atoms with Gasteiger partial charge in [-0.2, -0.15) is 0 Å². The summed E-state index contributed by atoms with van der Waals surface area (Å²) in [5.41, 5.74) is 0. The molecule has 0 radical (unpaired) electrons. The number of likely N-dealkylation sites (N-methyl/N-ethyl adjacent to an activating group) is 2. The highest BCUT2D eigenvalue weighted by molar-refractivity contribution is 4.88. The molecule has 1 fully saturated rings. The monoisotopic (exact) mass is 229 g/mol. The maximum atomic E-state index is 5.21. The lowest BCUT2D eigenvalue weighted by Gasteiger charge is -2.24. The molecule has 3 atom stereocenters. The summed E-state index contributed by atoms with van der Waals surface area (Å²) in [5, 5.41) is 3.31. The molecule has 0 spiro atoms. The van der Waals surface area contributed by atoms with Gasteiger partial charge in [-0.25, -0.2) is 0 Å². The topological polar surface area (TPSA) is 27.7 Å². The van der Waals surface area contributed by atoms with Crippen molar-refractivity contribution >= 4 is 0 Å². The molecule has 1 aliphatic heterocycles. The molecule has 0 aromatic rings. The highest BCUT2D eigenvalue weighted by Crippen LogP contribution is 2.19. The van der Waals surface area contributed by atoms with Gasteiger partial charge in [0.15, 0.2) is 0 Å². The van der Waals surface area contributed by atoms with Crippen molar-refractivity contribution in [2.75, 3.05) is 54.5 Å². The second-order valence-electron chi connectivity index (χ2n) is 5.17. The van der Waals surface area contributed by atoms with Crippen LogP contribution >= 0.6 is 0 Å². The zero-order chi connectivity index (χ0) is 12.1. The van der Waals surface area contributed by atoms with Crippen molar-refractivity contribution in [3.05, 3.63) is 0 Å². The van der Waals surface area contributed by atoms with Crippen LogP contribution in [0.5, 0.6) is 0 Å². The van der Waals surface area contributed by atoms with E-state index in [-0.39, 0.29) is 0 Å². The first-order valence-electron chi connectivity index (χ1n) is 6.13. The Balaban J connectivity index is 2.39. The summed E-state index contributed by atoms with van der Waals surface area (Å²) >= 11 is 0. The fourth-order valence-corrected chi connectivity index (χ4v) is 2.61. The van der Waals surface area contributed by atoms with Gasteiger partial charge < -0.3 is 15.0 Å². The summed E-state index contributed by atoms with van der Waals surface area (Å²) in [6.45, 7) is 6.59. The number of nitrogens with one attached hydrogen (secondary N) is 1. The molecular formula is C12H27N3O. The van der Waals surface area contributed by atoms with Gasteiger partial charge in [-0.05, 0) is 27.1 Å². The van der Waals surface area contributed by atoms with Crippen LogP contribution in [-0.2, 0) is 4.74 Å². The number of nitrogens with zero attached hydrogens (tertiary/aromatic N) is 2. The third-order valence-corrected chi connectivity index (χ3v) is 3.57. The van der Waals surface area contributed by atoms with Crippen LogP contribution in [0.2, 0.25) is 0 Å². The van der Waals surface area contributed by atoms with E-state index in [2.05, 4.69) is 36.1 Å². The third-order valence-electron chi connectivity index (χ3n) is 3.57. The van der Waals surface area contributed by atoms with E-state index >= 15 is 0 Å². The Kier molecular flexibility index (Phi) is 5.69. The molecule has 96 valence electrons. The summed E-state index contributed by atoms with van der Waals surface area (Å²) in [6.07, 6.45) is 0. The minimum Gasteiger partial charge on any atom is -0.383 e. The van der Waals surface area contributed by atoms with Gasteiger partial charge >= 0.3 is 0 Å². The molecule has 0 amide bonds. The first kappa shape index (κ1) is 13.9. The molecule has 1 aliphatic rings. The number of methoxy groups -OCH3 is 1. The van der Waals surface area contributed by atoms with Gasteiger partial charge in [-0.1, -0.05) is 6.92 Å². The fraction of sp³-hybridized carbons (Fsp3) is 1.00. The van der Waals surface area contributed by atoms with Crippen molar-refractivity contribution in [3.8, 4) is 0 Å². The lowest BCUT2D eigenvalue weighted by Crippen LogP contribution is -2.42. The van der Waals surface area contributed by atoms with Crippen molar-refractivity contribution in [2.45, 2.75) is 19.0 Å². The molecule has 3 unspecified atom stereocenters. The van der Waals surface area contributed by atoms with Crippen molar-refractivity contribution < 1.29 is 4.74 Å². The number of rotatable bonds is 6. The van der Waals surface area contributed by atoms with Crippen LogP contribution in [0.1, 0.15) is 6.92 Å². The molecule has 1 saturated heterocycles. The Morgan fingerprint density at radius 2 is 2.12 bits per heavy atom. The van der Waals surface area contributed by atoms with E-state index in [9.17, 15) is 0 Å². The first-order valence-corrected chi connectivity index (χ1v) is 6.13. The second kappa shape index (κ2) is 6.55. The average Bonchev–Trinajstić information content (AvgIpc) is 2.59. The van der Waals surface area contributed by atoms with E-state index in [1.165, 1.54) is 13.1 Å². The molecule has 0 aromatic carbocycles. The molecule has 0 aromatic heterocycles. The summed E-state index contributed by atoms with van der Waals surface area (Å²) in [5.74, 6) is 0.759. The largest absolute Gasteiger partial charge is 0.383 e. The highest BCUT2D eigenvalue weighted by Gasteiger charge is 2.31. The van der Waals surface area contributed by atoms with Gasteiger partial charge in [0.25, 0.3) is 0 Å². The van der Waals surface area contributed by atoms with Crippen molar-refractivity contribution in [1.29, 1.82) is 0 Å². The molecule has 0 saturated carbocycles. The molecular weight excluding hydrogens is 202 g/mol. The number of ether oxygens (including phenoxy) is 1. The molecule has 16 heavy (non-hydrogen) atoms. The van der Waals surface area contributed by atoms with E-state index in [4.69, 9.17) is 4.74 Å². The number of hydrogen-bond donors (Lipinski definition) is 1. The Bertz CT molecular complexity index is 199. The molecule has 4 heteroatoms. The minimum atomic E-state index is 0.443. The molecule has 0 aliphatic carbocycles. The highest BCUT2D eigenvalue weighted by atomic mass is 16.5. The zero-order valence-electron chi connectivity index (χ0n) is 11.4. The Morgan fingerprint density at radius 1 is 1.44 bits per heavy atom. The zero-order valence-corrected chi connectivity index (χ0v) is 11.4. The summed E-state index contributed by atoms with van der Waals surface area (Å²) in [7, 11) is 8.12. The fourth-order valence-electron chi connectivity index (χ4n) is 2.61. The Morgan fingerprint density at radius 3 is 2.56 bits per heavy atom. The predicted octanol–water partition coefficient (Wildman–Crippen LogP) is 0.103. The summed E-state index contributed by atoms with van der Waals surface area (Å²) in [6, 6.07) is 1.14. The maximum Gasteiger partial charge on any atom is 0.0628 e. The second-order valence-corrected chi connectivity index (χ2v) is 5.17. The van der Waals surface area contributed by atoms with Crippen LogP contribution in [0.25, 0.3) is 0 Å². The van der Waals surface area contributed by atoms with Crippen LogP contribution in [-0.4, -0.2) is 76.4 Å². The van der Waals surface area contributed by atoms with Crippen LogP contribution in [0.4, 0.5) is 0 Å². The lowest BCUT2D eigenvalue weighted by atomic mass is 10.1. The van der Waals surface area contributed by atoms with E-state index < -0.39 is 0 Å². The average molecular weight is 229 g/mol. The number of hydrogen-bond acceptors (Lipinski definition) is 4. The van der Waals surface area contributed by atoms with Crippen LogP contribution in [0.3, 0.4) is 0 Å². The van der Waals surface area contributed by atoms with Crippen LogP contribution in [0, 0.1) is 5.92 Å². The Hall–Kier alpha value is -0.160. The SMILES string of the molecule is CNC(COC)CN1CC(C)C(N(C)C)C1. The van der Waals surface area contributed by atoms with Crippen molar-refractivity contribution in [3.63, 3.8) is 0 Å². The van der Waals surface area contributed by atoms with Gasteiger partial charge in [0, 0.05) is 38.8 Å². The van der Waals surface area contributed by atoms with Gasteiger partial charge in [0.2, 0.25) is 0 Å². The molecule has 0 bridgehead atoms. The van der Waals surface area contributed by atoms with E-state index in [0.717, 1.165) is 19.1 Å². The first-order chi connectivity index (χ1) is 7.58. The van der Waals surface area contributed by atoms with Gasteiger partial charge in [0.05, 0.1) is 6.61 Å². The van der Waals surface area contributed by atoms with E-state index in [1.54, 1.807) is 7.11 Å². The lowest BCUT2D eigenvalue weighted by molar-refractivity contribution is 0.146.